The lowest BCUT2D eigenvalue weighted by atomic mass is 10.2. The van der Waals surface area contributed by atoms with Gasteiger partial charge in [0.25, 0.3) is 0 Å². The minimum Gasteiger partial charge on any atom is -0.496 e. The van der Waals surface area contributed by atoms with Crippen LogP contribution in [-0.2, 0) is 6.42 Å². The van der Waals surface area contributed by atoms with Gasteiger partial charge in [-0.05, 0) is 17.7 Å². The fourth-order valence-corrected chi connectivity index (χ4v) is 1.81. The Bertz CT molecular complexity index is 535. The zero-order chi connectivity index (χ0) is 13.5. The van der Waals surface area contributed by atoms with Crippen LogP contribution in [0.5, 0.6) is 11.5 Å². The number of hydrogen-bond donors (Lipinski definition) is 0. The fraction of sp³-hybridized carbons (Fsp3) is 0.188. The smallest absolute Gasteiger partial charge is 0.153 e. The molecule has 0 heterocycles. The van der Waals surface area contributed by atoms with Crippen LogP contribution in [0, 0.1) is 0 Å². The molecule has 19 heavy (non-hydrogen) atoms. The normalized spacial score (nSPS) is 9.95. The molecule has 0 aliphatic carbocycles. The zero-order valence-corrected chi connectivity index (χ0v) is 10.8. The van der Waals surface area contributed by atoms with Crippen LogP contribution in [0.4, 0.5) is 0 Å². The minimum absolute atomic E-state index is 0.526. The van der Waals surface area contributed by atoms with Crippen LogP contribution in [0.15, 0.2) is 48.5 Å². The molecule has 2 aromatic carbocycles. The molecule has 3 nitrogen and oxygen atoms in total. The quantitative estimate of drug-likeness (QED) is 0.745. The summed E-state index contributed by atoms with van der Waals surface area (Å²) in [5.74, 6) is 1.24. The molecule has 3 heteroatoms. The molecule has 0 fully saturated rings. The first-order valence-electron chi connectivity index (χ1n) is 6.13. The van der Waals surface area contributed by atoms with Crippen molar-refractivity contribution in [3.05, 3.63) is 59.7 Å². The fourth-order valence-electron chi connectivity index (χ4n) is 1.81. The molecule has 0 saturated heterocycles. The van der Waals surface area contributed by atoms with Gasteiger partial charge in [0, 0.05) is 12.5 Å². The molecular weight excluding hydrogens is 240 g/mol. The summed E-state index contributed by atoms with van der Waals surface area (Å²) >= 11 is 0. The van der Waals surface area contributed by atoms with Gasteiger partial charge in [0.1, 0.15) is 11.5 Å². The van der Waals surface area contributed by atoms with Crippen LogP contribution < -0.4 is 9.47 Å². The summed E-state index contributed by atoms with van der Waals surface area (Å²) in [6.45, 7) is 0.591. The molecule has 0 atom stereocenters. The first-order valence-corrected chi connectivity index (χ1v) is 6.13. The second kappa shape index (κ2) is 6.59. The van der Waals surface area contributed by atoms with E-state index in [4.69, 9.17) is 9.47 Å². The van der Waals surface area contributed by atoms with Crippen molar-refractivity contribution in [2.45, 2.75) is 6.42 Å². The average molecular weight is 256 g/mol. The SMILES string of the molecule is COc1cc(OCCc2ccccc2)ccc1C=O. The van der Waals surface area contributed by atoms with E-state index in [1.165, 1.54) is 12.7 Å². The summed E-state index contributed by atoms with van der Waals surface area (Å²) in [6.07, 6.45) is 1.62. The Morgan fingerprint density at radius 1 is 1.11 bits per heavy atom. The minimum atomic E-state index is 0.526. The van der Waals surface area contributed by atoms with Crippen molar-refractivity contribution in [1.82, 2.24) is 0 Å². The van der Waals surface area contributed by atoms with Crippen molar-refractivity contribution in [1.29, 1.82) is 0 Å². The van der Waals surface area contributed by atoms with E-state index in [-0.39, 0.29) is 0 Å². The van der Waals surface area contributed by atoms with Crippen molar-refractivity contribution in [2.75, 3.05) is 13.7 Å². The van der Waals surface area contributed by atoms with Gasteiger partial charge in [-0.25, -0.2) is 0 Å². The van der Waals surface area contributed by atoms with Gasteiger partial charge in [-0.2, -0.15) is 0 Å². The number of carbonyl (C=O) groups is 1. The number of methoxy groups -OCH3 is 1. The summed E-state index contributed by atoms with van der Waals surface area (Å²) in [4.78, 5) is 10.8. The van der Waals surface area contributed by atoms with Crippen LogP contribution in [0.2, 0.25) is 0 Å². The number of hydrogen-bond acceptors (Lipinski definition) is 3. The van der Waals surface area contributed by atoms with Crippen LogP contribution in [0.25, 0.3) is 0 Å². The highest BCUT2D eigenvalue weighted by Gasteiger charge is 2.04. The van der Waals surface area contributed by atoms with Gasteiger partial charge < -0.3 is 9.47 Å². The highest BCUT2D eigenvalue weighted by molar-refractivity contribution is 5.79. The molecule has 0 aromatic heterocycles. The van der Waals surface area contributed by atoms with E-state index < -0.39 is 0 Å². The van der Waals surface area contributed by atoms with Crippen molar-refractivity contribution in [3.8, 4) is 11.5 Å². The average Bonchev–Trinajstić information content (AvgIpc) is 2.48. The monoisotopic (exact) mass is 256 g/mol. The molecule has 0 N–H and O–H groups in total. The molecule has 98 valence electrons. The second-order valence-corrected chi connectivity index (χ2v) is 4.11. The number of aldehydes is 1. The van der Waals surface area contributed by atoms with Crippen LogP contribution >= 0.6 is 0 Å². The molecule has 0 aliphatic heterocycles. The Hall–Kier alpha value is -2.29. The van der Waals surface area contributed by atoms with Crippen LogP contribution in [-0.4, -0.2) is 20.0 Å². The molecule has 0 unspecified atom stereocenters. The van der Waals surface area contributed by atoms with E-state index in [1.54, 1.807) is 18.2 Å². The van der Waals surface area contributed by atoms with Gasteiger partial charge in [0.2, 0.25) is 0 Å². The lowest BCUT2D eigenvalue weighted by Crippen LogP contribution is -2.02. The van der Waals surface area contributed by atoms with Crippen molar-refractivity contribution < 1.29 is 14.3 Å². The Morgan fingerprint density at radius 3 is 2.58 bits per heavy atom. The lowest BCUT2D eigenvalue weighted by molar-refractivity contribution is 0.112. The third-order valence-corrected chi connectivity index (χ3v) is 2.83. The Morgan fingerprint density at radius 2 is 1.89 bits per heavy atom. The highest BCUT2D eigenvalue weighted by atomic mass is 16.5. The maximum Gasteiger partial charge on any atom is 0.153 e. The maximum atomic E-state index is 10.8. The predicted molar refractivity (Wildman–Crippen MR) is 74.0 cm³/mol. The Balaban J connectivity index is 1.94. The highest BCUT2D eigenvalue weighted by Crippen LogP contribution is 2.23. The van der Waals surface area contributed by atoms with Crippen LogP contribution in [0.1, 0.15) is 15.9 Å². The van der Waals surface area contributed by atoms with E-state index in [0.717, 1.165) is 12.7 Å². The number of ether oxygens (including phenoxy) is 2. The Kier molecular flexibility index (Phi) is 4.56. The maximum absolute atomic E-state index is 10.8. The molecular formula is C16H16O3. The molecule has 0 radical (unpaired) electrons. The number of rotatable bonds is 6. The van der Waals surface area contributed by atoms with Gasteiger partial charge in [-0.3, -0.25) is 4.79 Å². The standard InChI is InChI=1S/C16H16O3/c1-18-16-11-15(8-7-14(16)12-17)19-10-9-13-5-3-2-4-6-13/h2-8,11-12H,9-10H2,1H3. The van der Waals surface area contributed by atoms with Crippen molar-refractivity contribution in [3.63, 3.8) is 0 Å². The van der Waals surface area contributed by atoms with E-state index in [9.17, 15) is 4.79 Å². The predicted octanol–water partition coefficient (Wildman–Crippen LogP) is 3.13. The largest absolute Gasteiger partial charge is 0.496 e. The molecule has 2 rings (SSSR count). The first-order chi connectivity index (χ1) is 9.33. The third kappa shape index (κ3) is 3.58. The molecule has 0 spiro atoms. The Labute approximate surface area is 112 Å². The number of benzene rings is 2. The van der Waals surface area contributed by atoms with Gasteiger partial charge in [-0.1, -0.05) is 30.3 Å². The summed E-state index contributed by atoms with van der Waals surface area (Å²) in [6, 6.07) is 15.4. The zero-order valence-electron chi connectivity index (χ0n) is 10.8. The summed E-state index contributed by atoms with van der Waals surface area (Å²) in [7, 11) is 1.54. The topological polar surface area (TPSA) is 35.5 Å². The van der Waals surface area contributed by atoms with E-state index in [1.807, 2.05) is 18.2 Å². The molecule has 0 bridgehead atoms. The van der Waals surface area contributed by atoms with Gasteiger partial charge in [0.15, 0.2) is 6.29 Å². The molecule has 0 amide bonds. The van der Waals surface area contributed by atoms with E-state index in [0.29, 0.717) is 23.7 Å². The van der Waals surface area contributed by atoms with Crippen molar-refractivity contribution >= 4 is 6.29 Å². The van der Waals surface area contributed by atoms with E-state index in [2.05, 4.69) is 12.1 Å². The second-order valence-electron chi connectivity index (χ2n) is 4.11. The summed E-state index contributed by atoms with van der Waals surface area (Å²) in [5, 5.41) is 0. The summed E-state index contributed by atoms with van der Waals surface area (Å²) in [5.41, 5.74) is 1.76. The molecule has 0 saturated carbocycles. The van der Waals surface area contributed by atoms with E-state index >= 15 is 0 Å². The third-order valence-electron chi connectivity index (χ3n) is 2.83. The lowest BCUT2D eigenvalue weighted by Gasteiger charge is -2.09. The van der Waals surface area contributed by atoms with Gasteiger partial charge in [0.05, 0.1) is 19.3 Å². The first kappa shape index (κ1) is 13.1. The van der Waals surface area contributed by atoms with Crippen molar-refractivity contribution in [2.24, 2.45) is 0 Å². The van der Waals surface area contributed by atoms with Gasteiger partial charge in [-0.15, -0.1) is 0 Å². The summed E-state index contributed by atoms with van der Waals surface area (Å²) < 4.78 is 10.8. The molecule has 2 aromatic rings. The van der Waals surface area contributed by atoms with Gasteiger partial charge >= 0.3 is 0 Å². The molecule has 0 aliphatic rings. The van der Waals surface area contributed by atoms with Crippen LogP contribution in [0.3, 0.4) is 0 Å². The number of carbonyl (C=O) groups excluding carboxylic acids is 1.